The Bertz CT molecular complexity index is 198. The molecule has 0 bridgehead atoms. The molecule has 0 aliphatic carbocycles. The number of nitrogens with zero attached hydrogens (tertiary/aromatic N) is 1. The van der Waals surface area contributed by atoms with Gasteiger partial charge in [0.2, 0.25) is 0 Å². The Morgan fingerprint density at radius 1 is 1.38 bits per heavy atom. The van der Waals surface area contributed by atoms with Crippen LogP contribution in [0.25, 0.3) is 0 Å². The van der Waals surface area contributed by atoms with E-state index in [1.54, 1.807) is 7.11 Å². The molecule has 0 spiro atoms. The Kier molecular flexibility index (Phi) is 5.75. The zero-order valence-electron chi connectivity index (χ0n) is 11.1. The van der Waals surface area contributed by atoms with Crippen molar-refractivity contribution in [2.45, 2.75) is 50.5 Å². The summed E-state index contributed by atoms with van der Waals surface area (Å²) in [6.45, 7) is 10.3. The Balaban J connectivity index is 2.22. The van der Waals surface area contributed by atoms with Crippen LogP contribution in [0.2, 0.25) is 0 Å². The van der Waals surface area contributed by atoms with Crippen LogP contribution < -0.4 is 0 Å². The first-order valence-corrected chi connectivity index (χ1v) is 7.28. The molecular formula is C13H26BrNO. The number of likely N-dealkylation sites (tertiary alicyclic amines) is 1. The van der Waals surface area contributed by atoms with Crippen LogP contribution in [0, 0.1) is 5.92 Å². The maximum Gasteiger partial charge on any atom is 0.0634 e. The Morgan fingerprint density at radius 2 is 1.94 bits per heavy atom. The van der Waals surface area contributed by atoms with Gasteiger partial charge in [-0.2, -0.15) is 0 Å². The van der Waals surface area contributed by atoms with Crippen molar-refractivity contribution >= 4 is 15.9 Å². The Hall–Kier alpha value is 0.400. The average molecular weight is 292 g/mol. The van der Waals surface area contributed by atoms with Gasteiger partial charge in [0, 0.05) is 18.5 Å². The van der Waals surface area contributed by atoms with Crippen molar-refractivity contribution in [3.63, 3.8) is 0 Å². The van der Waals surface area contributed by atoms with Gasteiger partial charge in [-0.05, 0) is 52.1 Å². The van der Waals surface area contributed by atoms with E-state index in [9.17, 15) is 0 Å². The monoisotopic (exact) mass is 291 g/mol. The molecule has 0 saturated carbocycles. The number of hydrogen-bond acceptors (Lipinski definition) is 2. The number of piperidine rings is 1. The van der Waals surface area contributed by atoms with Gasteiger partial charge in [0.1, 0.15) is 0 Å². The molecule has 0 aromatic heterocycles. The van der Waals surface area contributed by atoms with Gasteiger partial charge in [-0.25, -0.2) is 0 Å². The molecule has 1 atom stereocenters. The lowest BCUT2D eigenvalue weighted by molar-refractivity contribution is 0.00493. The molecule has 1 aliphatic rings. The predicted octanol–water partition coefficient (Wildman–Crippen LogP) is 3.30. The van der Waals surface area contributed by atoms with E-state index < -0.39 is 0 Å². The minimum absolute atomic E-state index is 0.0273. The fraction of sp³-hybridized carbons (Fsp3) is 1.00. The standard InChI is InChI=1S/C13H26BrNO/c1-11(14)12-5-8-15(9-6-12)10-7-13(2,3)16-4/h11-12H,5-10H2,1-4H3. The number of ether oxygens (including phenoxy) is 1. The summed E-state index contributed by atoms with van der Waals surface area (Å²) >= 11 is 3.70. The largest absolute Gasteiger partial charge is 0.379 e. The van der Waals surface area contributed by atoms with Crippen molar-refractivity contribution < 1.29 is 4.74 Å². The smallest absolute Gasteiger partial charge is 0.0634 e. The van der Waals surface area contributed by atoms with Crippen molar-refractivity contribution in [1.82, 2.24) is 4.90 Å². The van der Waals surface area contributed by atoms with Crippen LogP contribution in [0.5, 0.6) is 0 Å². The maximum atomic E-state index is 5.45. The summed E-state index contributed by atoms with van der Waals surface area (Å²) in [5.74, 6) is 0.867. The van der Waals surface area contributed by atoms with Crippen LogP contribution in [0.15, 0.2) is 0 Å². The highest BCUT2D eigenvalue weighted by Gasteiger charge is 2.24. The fourth-order valence-corrected chi connectivity index (χ4v) is 2.69. The molecule has 1 unspecified atom stereocenters. The van der Waals surface area contributed by atoms with Gasteiger partial charge >= 0.3 is 0 Å². The number of alkyl halides is 1. The van der Waals surface area contributed by atoms with Crippen molar-refractivity contribution in [1.29, 1.82) is 0 Å². The van der Waals surface area contributed by atoms with Gasteiger partial charge in [0.25, 0.3) is 0 Å². The summed E-state index contributed by atoms with van der Waals surface area (Å²) in [4.78, 5) is 3.25. The van der Waals surface area contributed by atoms with Crippen LogP contribution in [0.1, 0.15) is 40.0 Å². The molecule has 2 nitrogen and oxygen atoms in total. The topological polar surface area (TPSA) is 12.5 Å². The molecular weight excluding hydrogens is 266 g/mol. The number of hydrogen-bond donors (Lipinski definition) is 0. The second-order valence-electron chi connectivity index (χ2n) is 5.57. The van der Waals surface area contributed by atoms with E-state index in [0.29, 0.717) is 4.83 Å². The van der Waals surface area contributed by atoms with E-state index in [1.807, 2.05) is 0 Å². The summed E-state index contributed by atoms with van der Waals surface area (Å²) in [6.07, 6.45) is 3.79. The molecule has 0 aromatic carbocycles. The van der Waals surface area contributed by atoms with Gasteiger partial charge < -0.3 is 9.64 Å². The van der Waals surface area contributed by atoms with Crippen LogP contribution in [0.4, 0.5) is 0 Å². The van der Waals surface area contributed by atoms with Gasteiger partial charge in [-0.3, -0.25) is 0 Å². The first-order chi connectivity index (χ1) is 7.44. The molecule has 1 heterocycles. The number of methoxy groups -OCH3 is 1. The Labute approximate surface area is 109 Å². The quantitative estimate of drug-likeness (QED) is 0.721. The third-order valence-corrected chi connectivity index (χ3v) is 4.61. The lowest BCUT2D eigenvalue weighted by atomic mass is 9.93. The molecule has 0 amide bonds. The van der Waals surface area contributed by atoms with Crippen LogP contribution in [-0.4, -0.2) is 42.1 Å². The molecule has 96 valence electrons. The molecule has 0 radical (unpaired) electrons. The summed E-state index contributed by atoms with van der Waals surface area (Å²) in [6, 6.07) is 0. The molecule has 3 heteroatoms. The first-order valence-electron chi connectivity index (χ1n) is 6.36. The summed E-state index contributed by atoms with van der Waals surface area (Å²) in [7, 11) is 1.80. The van der Waals surface area contributed by atoms with Crippen LogP contribution in [-0.2, 0) is 4.74 Å². The molecule has 1 rings (SSSR count). The zero-order chi connectivity index (χ0) is 12.2. The van der Waals surface area contributed by atoms with Gasteiger partial charge in [0.15, 0.2) is 0 Å². The second kappa shape index (κ2) is 6.36. The molecule has 1 fully saturated rings. The summed E-state index contributed by atoms with van der Waals surface area (Å²) in [5.41, 5.74) is 0.0273. The van der Waals surface area contributed by atoms with E-state index in [1.165, 1.54) is 32.5 Å². The van der Waals surface area contributed by atoms with E-state index in [4.69, 9.17) is 4.74 Å². The van der Waals surface area contributed by atoms with Gasteiger partial charge in [-0.1, -0.05) is 22.9 Å². The Morgan fingerprint density at radius 3 is 2.38 bits per heavy atom. The third-order valence-electron chi connectivity index (χ3n) is 3.86. The van der Waals surface area contributed by atoms with Crippen LogP contribution in [0.3, 0.4) is 0 Å². The van der Waals surface area contributed by atoms with Crippen LogP contribution >= 0.6 is 15.9 Å². The average Bonchev–Trinajstić information content (AvgIpc) is 2.27. The lowest BCUT2D eigenvalue weighted by Gasteiger charge is -2.35. The minimum atomic E-state index is 0.0273. The normalized spacial score (nSPS) is 22.3. The maximum absolute atomic E-state index is 5.45. The summed E-state index contributed by atoms with van der Waals surface area (Å²) in [5, 5.41) is 0. The lowest BCUT2D eigenvalue weighted by Crippen LogP contribution is -2.39. The molecule has 1 saturated heterocycles. The highest BCUT2D eigenvalue weighted by Crippen LogP contribution is 2.25. The molecule has 0 N–H and O–H groups in total. The van der Waals surface area contributed by atoms with Crippen molar-refractivity contribution in [3.8, 4) is 0 Å². The molecule has 1 aliphatic heterocycles. The molecule has 16 heavy (non-hydrogen) atoms. The van der Waals surface area contributed by atoms with E-state index >= 15 is 0 Å². The highest BCUT2D eigenvalue weighted by atomic mass is 79.9. The number of rotatable bonds is 5. The predicted molar refractivity (Wildman–Crippen MR) is 73.3 cm³/mol. The van der Waals surface area contributed by atoms with E-state index in [-0.39, 0.29) is 5.60 Å². The van der Waals surface area contributed by atoms with E-state index in [0.717, 1.165) is 12.3 Å². The van der Waals surface area contributed by atoms with Gasteiger partial charge in [0.05, 0.1) is 5.60 Å². The van der Waals surface area contributed by atoms with E-state index in [2.05, 4.69) is 41.6 Å². The number of halogens is 1. The minimum Gasteiger partial charge on any atom is -0.379 e. The first kappa shape index (κ1) is 14.5. The second-order valence-corrected chi connectivity index (χ2v) is 7.01. The van der Waals surface area contributed by atoms with Gasteiger partial charge in [-0.15, -0.1) is 0 Å². The fourth-order valence-electron chi connectivity index (χ4n) is 2.17. The summed E-state index contributed by atoms with van der Waals surface area (Å²) < 4.78 is 5.45. The van der Waals surface area contributed by atoms with Crippen molar-refractivity contribution in [3.05, 3.63) is 0 Å². The van der Waals surface area contributed by atoms with Crippen molar-refractivity contribution in [2.75, 3.05) is 26.7 Å². The molecule has 0 aromatic rings. The third kappa shape index (κ3) is 4.72. The highest BCUT2D eigenvalue weighted by molar-refractivity contribution is 9.09. The zero-order valence-corrected chi connectivity index (χ0v) is 12.7. The van der Waals surface area contributed by atoms with Crippen molar-refractivity contribution in [2.24, 2.45) is 5.92 Å². The SMILES string of the molecule is COC(C)(C)CCN1CCC(C(C)Br)CC1.